The van der Waals surface area contributed by atoms with E-state index in [0.29, 0.717) is 23.8 Å². The number of hydrogen-bond acceptors (Lipinski definition) is 8. The van der Waals surface area contributed by atoms with Gasteiger partial charge in [0.15, 0.2) is 19.0 Å². The molecule has 0 saturated heterocycles. The number of carbonyl (C=O) groups is 3. The molecule has 10 nitrogen and oxygen atoms in total. The fourth-order valence-corrected chi connectivity index (χ4v) is 4.46. The number of para-hydroxylation sites is 1. The zero-order chi connectivity index (χ0) is 25.7. The Labute approximate surface area is 207 Å². The van der Waals surface area contributed by atoms with Crippen molar-refractivity contribution >= 4 is 39.1 Å². The molecule has 0 atom stereocenters. The Bertz CT molecular complexity index is 1420. The van der Waals surface area contributed by atoms with Crippen LogP contribution in [-0.4, -0.2) is 45.9 Å². The lowest BCUT2D eigenvalue weighted by molar-refractivity contribution is -0.118. The fraction of sp³-hybridized carbons (Fsp3) is 0.160. The maximum atomic E-state index is 12.8. The summed E-state index contributed by atoms with van der Waals surface area (Å²) < 4.78 is 43.8. The molecule has 4 rings (SSSR count). The smallest absolute Gasteiger partial charge is 0.340 e. The number of ether oxygens (including phenoxy) is 3. The van der Waals surface area contributed by atoms with Crippen LogP contribution in [0.1, 0.15) is 27.6 Å². The van der Waals surface area contributed by atoms with Crippen LogP contribution in [0, 0.1) is 0 Å². The molecule has 0 fully saturated rings. The molecule has 186 valence electrons. The molecule has 1 amide bonds. The summed E-state index contributed by atoms with van der Waals surface area (Å²) in [5.74, 6) is -0.792. The van der Waals surface area contributed by atoms with Gasteiger partial charge in [0, 0.05) is 5.56 Å². The highest BCUT2D eigenvalue weighted by molar-refractivity contribution is 7.92. The van der Waals surface area contributed by atoms with Gasteiger partial charge in [-0.15, -0.1) is 0 Å². The second-order valence-electron chi connectivity index (χ2n) is 7.60. The molecule has 11 heteroatoms. The lowest BCUT2D eigenvalue weighted by atomic mass is 10.1. The van der Waals surface area contributed by atoms with Crippen molar-refractivity contribution in [3.05, 3.63) is 77.9 Å². The average molecular weight is 511 g/mol. The zero-order valence-corrected chi connectivity index (χ0v) is 20.0. The van der Waals surface area contributed by atoms with Crippen LogP contribution in [0.15, 0.2) is 71.6 Å². The topological polar surface area (TPSA) is 137 Å². The molecule has 0 aromatic heterocycles. The quantitative estimate of drug-likeness (QED) is 0.331. The summed E-state index contributed by atoms with van der Waals surface area (Å²) in [7, 11) is -4.02. The first-order valence-electron chi connectivity index (χ1n) is 10.9. The highest BCUT2D eigenvalue weighted by Gasteiger charge is 2.22. The van der Waals surface area contributed by atoms with Crippen LogP contribution in [-0.2, 0) is 19.6 Å². The van der Waals surface area contributed by atoms with E-state index >= 15 is 0 Å². The second kappa shape index (κ2) is 10.5. The molecule has 0 bridgehead atoms. The van der Waals surface area contributed by atoms with Crippen LogP contribution in [0.3, 0.4) is 0 Å². The number of fused-ring (bicyclic) bond motifs is 1. The minimum Gasteiger partial charge on any atom is -0.494 e. The van der Waals surface area contributed by atoms with Crippen molar-refractivity contribution in [1.82, 2.24) is 0 Å². The van der Waals surface area contributed by atoms with Crippen molar-refractivity contribution in [2.45, 2.75) is 11.8 Å². The summed E-state index contributed by atoms with van der Waals surface area (Å²) in [6, 6.07) is 16.2. The molecule has 0 aliphatic carbocycles. The molecular formula is C25H22N2O8S. The number of hydrogen-bond donors (Lipinski definition) is 2. The van der Waals surface area contributed by atoms with E-state index in [-0.39, 0.29) is 34.2 Å². The number of sulfonamides is 1. The third-order valence-electron chi connectivity index (χ3n) is 5.11. The Balaban J connectivity index is 1.44. The van der Waals surface area contributed by atoms with E-state index in [9.17, 15) is 22.8 Å². The van der Waals surface area contributed by atoms with E-state index in [1.54, 1.807) is 12.1 Å². The summed E-state index contributed by atoms with van der Waals surface area (Å²) in [6.45, 7) is 1.56. The Kier molecular flexibility index (Phi) is 7.20. The minimum absolute atomic E-state index is 0.00234. The number of benzene rings is 3. The number of esters is 1. The molecule has 0 radical (unpaired) electrons. The van der Waals surface area contributed by atoms with Gasteiger partial charge in [-0.1, -0.05) is 12.1 Å². The molecule has 3 aromatic carbocycles. The number of anilines is 2. The third-order valence-corrected chi connectivity index (χ3v) is 6.49. The lowest BCUT2D eigenvalue weighted by Crippen LogP contribution is -2.25. The third kappa shape index (κ3) is 5.63. The molecule has 1 heterocycles. The molecule has 3 aromatic rings. The van der Waals surface area contributed by atoms with E-state index < -0.39 is 28.4 Å². The predicted molar refractivity (Wildman–Crippen MR) is 130 cm³/mol. The van der Waals surface area contributed by atoms with Crippen molar-refractivity contribution < 1.29 is 37.0 Å². The predicted octanol–water partition coefficient (Wildman–Crippen LogP) is 3.26. The maximum Gasteiger partial charge on any atom is 0.340 e. The standard InChI is InChI=1S/C25H22N2O8S/c1-2-33-17-8-10-18(11-9-17)36(31,32)27-20-6-4-3-5-19(20)25(30)35-14-22(28)16-7-12-23-21(13-16)26-24(29)15-34-23/h3-13,27H,2,14-15H2,1H3,(H,26,29). The first kappa shape index (κ1) is 24.7. The number of ketones is 1. The number of Topliss-reactive ketones (excluding diaryl/α,β-unsaturated/α-hetero) is 1. The summed E-state index contributed by atoms with van der Waals surface area (Å²) in [5, 5.41) is 2.60. The first-order chi connectivity index (χ1) is 17.3. The summed E-state index contributed by atoms with van der Waals surface area (Å²) in [4.78, 5) is 36.8. The van der Waals surface area contributed by atoms with Gasteiger partial charge in [0.1, 0.15) is 11.5 Å². The van der Waals surface area contributed by atoms with Crippen molar-refractivity contribution in [2.24, 2.45) is 0 Å². The highest BCUT2D eigenvalue weighted by atomic mass is 32.2. The Morgan fingerprint density at radius 1 is 1.06 bits per heavy atom. The Morgan fingerprint density at radius 3 is 2.56 bits per heavy atom. The molecule has 36 heavy (non-hydrogen) atoms. The second-order valence-corrected chi connectivity index (χ2v) is 9.29. The molecule has 0 spiro atoms. The summed E-state index contributed by atoms with van der Waals surface area (Å²) in [6.07, 6.45) is 0. The largest absolute Gasteiger partial charge is 0.494 e. The Hall–Kier alpha value is -4.38. The van der Waals surface area contributed by atoms with Crippen molar-refractivity contribution in [3.63, 3.8) is 0 Å². The summed E-state index contributed by atoms with van der Waals surface area (Å²) in [5.41, 5.74) is 0.484. The van der Waals surface area contributed by atoms with Crippen LogP contribution < -0.4 is 19.5 Å². The van der Waals surface area contributed by atoms with Crippen LogP contribution in [0.2, 0.25) is 0 Å². The zero-order valence-electron chi connectivity index (χ0n) is 19.1. The number of rotatable bonds is 9. The van der Waals surface area contributed by atoms with Crippen molar-refractivity contribution in [1.29, 1.82) is 0 Å². The average Bonchev–Trinajstić information content (AvgIpc) is 2.87. The van der Waals surface area contributed by atoms with Gasteiger partial charge in [-0.05, 0) is 61.5 Å². The molecule has 1 aliphatic heterocycles. The van der Waals surface area contributed by atoms with Gasteiger partial charge in [0.25, 0.3) is 15.9 Å². The van der Waals surface area contributed by atoms with E-state index in [0.717, 1.165) is 0 Å². The Morgan fingerprint density at radius 2 is 1.81 bits per heavy atom. The number of carbonyl (C=O) groups excluding carboxylic acids is 3. The van der Waals surface area contributed by atoms with Gasteiger partial charge in [-0.25, -0.2) is 13.2 Å². The molecule has 1 aliphatic rings. The van der Waals surface area contributed by atoms with Gasteiger partial charge >= 0.3 is 5.97 Å². The lowest BCUT2D eigenvalue weighted by Gasteiger charge is -2.18. The monoisotopic (exact) mass is 510 g/mol. The van der Waals surface area contributed by atoms with Crippen LogP contribution in [0.25, 0.3) is 0 Å². The highest BCUT2D eigenvalue weighted by Crippen LogP contribution is 2.29. The van der Waals surface area contributed by atoms with Crippen LogP contribution in [0.4, 0.5) is 11.4 Å². The van der Waals surface area contributed by atoms with Gasteiger partial charge in [0.2, 0.25) is 0 Å². The fourth-order valence-electron chi connectivity index (χ4n) is 3.38. The van der Waals surface area contributed by atoms with E-state index in [1.165, 1.54) is 54.6 Å². The van der Waals surface area contributed by atoms with Gasteiger partial charge in [-0.3, -0.25) is 14.3 Å². The van der Waals surface area contributed by atoms with E-state index in [4.69, 9.17) is 14.2 Å². The van der Waals surface area contributed by atoms with E-state index in [2.05, 4.69) is 10.0 Å². The van der Waals surface area contributed by atoms with Crippen molar-refractivity contribution in [2.75, 3.05) is 29.9 Å². The maximum absolute atomic E-state index is 12.8. The van der Waals surface area contributed by atoms with Gasteiger partial charge < -0.3 is 19.5 Å². The molecule has 0 saturated carbocycles. The minimum atomic E-state index is -4.02. The number of nitrogens with one attached hydrogen (secondary N) is 2. The molecule has 2 N–H and O–H groups in total. The number of amides is 1. The molecular weight excluding hydrogens is 488 g/mol. The van der Waals surface area contributed by atoms with Crippen molar-refractivity contribution in [3.8, 4) is 11.5 Å². The van der Waals surface area contributed by atoms with Gasteiger partial charge in [-0.2, -0.15) is 0 Å². The summed E-state index contributed by atoms with van der Waals surface area (Å²) >= 11 is 0. The van der Waals surface area contributed by atoms with Gasteiger partial charge in [0.05, 0.1) is 28.4 Å². The van der Waals surface area contributed by atoms with E-state index in [1.807, 2.05) is 6.92 Å². The van der Waals surface area contributed by atoms with Crippen LogP contribution in [0.5, 0.6) is 11.5 Å². The SMILES string of the molecule is CCOc1ccc(S(=O)(=O)Nc2ccccc2C(=O)OCC(=O)c2ccc3c(c2)NC(=O)CO3)cc1. The first-order valence-corrected chi connectivity index (χ1v) is 12.4. The molecule has 0 unspecified atom stereocenters. The van der Waals surface area contributed by atoms with Crippen LogP contribution >= 0.6 is 0 Å². The normalized spacial score (nSPS) is 12.5.